The van der Waals surface area contributed by atoms with E-state index in [1.165, 1.54) is 10.3 Å². The first kappa shape index (κ1) is 15.0. The molecule has 1 aromatic heterocycles. The van der Waals surface area contributed by atoms with Crippen LogP contribution >= 0.6 is 23.7 Å². The van der Waals surface area contributed by atoms with Crippen LogP contribution in [0, 0.1) is 0 Å². The van der Waals surface area contributed by atoms with E-state index in [0.29, 0.717) is 6.54 Å². The summed E-state index contributed by atoms with van der Waals surface area (Å²) < 4.78 is 1.22. The standard InChI is InChI=1S/C15H16N2OS.ClH/c18-15(17-10-11-3-6-16-7-4-11)13-1-2-14-12(9-13)5-8-19-14;/h1-3,5,8-9,16H,4,6-7,10H2,(H,17,18);1H. The molecule has 0 saturated carbocycles. The van der Waals surface area contributed by atoms with Gasteiger partial charge < -0.3 is 10.6 Å². The molecular formula is C15H17ClN2OS. The summed E-state index contributed by atoms with van der Waals surface area (Å²) in [5.41, 5.74) is 2.05. The van der Waals surface area contributed by atoms with Gasteiger partial charge in [0.15, 0.2) is 0 Å². The van der Waals surface area contributed by atoms with Crippen LogP contribution in [0.15, 0.2) is 41.3 Å². The Labute approximate surface area is 128 Å². The molecule has 2 heterocycles. The molecule has 0 fully saturated rings. The molecule has 106 valence electrons. The number of benzene rings is 1. The lowest BCUT2D eigenvalue weighted by Gasteiger charge is -2.14. The highest BCUT2D eigenvalue weighted by Gasteiger charge is 2.08. The average molecular weight is 309 g/mol. The SMILES string of the molecule is Cl.O=C(NCC1=CCNCC1)c1ccc2sccc2c1. The van der Waals surface area contributed by atoms with Gasteiger partial charge >= 0.3 is 0 Å². The molecule has 5 heteroatoms. The van der Waals surface area contributed by atoms with Crippen LogP contribution in [-0.4, -0.2) is 25.5 Å². The molecule has 3 rings (SSSR count). The van der Waals surface area contributed by atoms with Crippen LogP contribution in [0.25, 0.3) is 10.1 Å². The van der Waals surface area contributed by atoms with E-state index < -0.39 is 0 Å². The van der Waals surface area contributed by atoms with Gasteiger partial charge in [0.1, 0.15) is 0 Å². The summed E-state index contributed by atoms with van der Waals surface area (Å²) in [4.78, 5) is 12.1. The summed E-state index contributed by atoms with van der Waals surface area (Å²) >= 11 is 1.70. The molecule has 1 aliphatic heterocycles. The number of carbonyl (C=O) groups excluding carboxylic acids is 1. The Bertz CT molecular complexity index is 636. The van der Waals surface area contributed by atoms with Gasteiger partial charge in [-0.1, -0.05) is 11.6 Å². The highest BCUT2D eigenvalue weighted by Crippen LogP contribution is 2.21. The van der Waals surface area contributed by atoms with Crippen molar-refractivity contribution in [2.75, 3.05) is 19.6 Å². The summed E-state index contributed by atoms with van der Waals surface area (Å²) in [6.07, 6.45) is 3.18. The fourth-order valence-corrected chi connectivity index (χ4v) is 3.00. The minimum Gasteiger partial charge on any atom is -0.348 e. The van der Waals surface area contributed by atoms with Gasteiger partial charge in [-0.2, -0.15) is 0 Å². The molecule has 0 radical (unpaired) electrons. The molecule has 0 unspecified atom stereocenters. The fraction of sp³-hybridized carbons (Fsp3) is 0.267. The monoisotopic (exact) mass is 308 g/mol. The Morgan fingerprint density at radius 2 is 2.25 bits per heavy atom. The minimum absolute atomic E-state index is 0. The van der Waals surface area contributed by atoms with Crippen molar-refractivity contribution in [2.24, 2.45) is 0 Å². The van der Waals surface area contributed by atoms with Crippen molar-refractivity contribution in [3.05, 3.63) is 46.9 Å². The molecule has 2 aromatic rings. The fourth-order valence-electron chi connectivity index (χ4n) is 2.23. The van der Waals surface area contributed by atoms with Gasteiger partial charge in [-0.05, 0) is 48.0 Å². The van der Waals surface area contributed by atoms with Crippen LogP contribution in [0.2, 0.25) is 0 Å². The summed E-state index contributed by atoms with van der Waals surface area (Å²) in [6, 6.07) is 7.91. The molecule has 0 aliphatic carbocycles. The Morgan fingerprint density at radius 3 is 3.05 bits per heavy atom. The van der Waals surface area contributed by atoms with Crippen LogP contribution in [0.4, 0.5) is 0 Å². The number of halogens is 1. The van der Waals surface area contributed by atoms with Gasteiger partial charge in [0, 0.05) is 23.4 Å². The van der Waals surface area contributed by atoms with Gasteiger partial charge in [-0.25, -0.2) is 0 Å². The summed E-state index contributed by atoms with van der Waals surface area (Å²) in [6.45, 7) is 2.57. The lowest BCUT2D eigenvalue weighted by atomic mass is 10.1. The maximum Gasteiger partial charge on any atom is 0.251 e. The lowest BCUT2D eigenvalue weighted by molar-refractivity contribution is 0.0957. The van der Waals surface area contributed by atoms with Crippen LogP contribution in [0.3, 0.4) is 0 Å². The van der Waals surface area contributed by atoms with Gasteiger partial charge in [-0.3, -0.25) is 4.79 Å². The molecule has 0 bridgehead atoms. The van der Waals surface area contributed by atoms with Crippen LogP contribution in [-0.2, 0) is 0 Å². The van der Waals surface area contributed by atoms with Crippen LogP contribution in [0.1, 0.15) is 16.8 Å². The molecule has 0 saturated heterocycles. The van der Waals surface area contributed by atoms with Crippen LogP contribution in [0.5, 0.6) is 0 Å². The first-order chi connectivity index (χ1) is 9.33. The molecule has 3 nitrogen and oxygen atoms in total. The zero-order chi connectivity index (χ0) is 13.1. The molecule has 2 N–H and O–H groups in total. The number of amides is 1. The number of rotatable bonds is 3. The van der Waals surface area contributed by atoms with Gasteiger partial charge in [0.2, 0.25) is 0 Å². The average Bonchev–Trinajstić information content (AvgIpc) is 2.93. The van der Waals surface area contributed by atoms with E-state index >= 15 is 0 Å². The maximum absolute atomic E-state index is 12.1. The van der Waals surface area contributed by atoms with Gasteiger partial charge in [0.25, 0.3) is 5.91 Å². The minimum atomic E-state index is 0. The smallest absolute Gasteiger partial charge is 0.251 e. The third-order valence-corrected chi connectivity index (χ3v) is 4.25. The second-order valence-corrected chi connectivity index (χ2v) is 5.62. The Morgan fingerprint density at radius 1 is 1.35 bits per heavy atom. The third kappa shape index (κ3) is 3.39. The molecular weight excluding hydrogens is 292 g/mol. The Balaban J connectivity index is 0.00000147. The summed E-state index contributed by atoms with van der Waals surface area (Å²) in [5, 5.41) is 9.44. The number of hydrogen-bond donors (Lipinski definition) is 2. The number of fused-ring (bicyclic) bond motifs is 1. The quantitative estimate of drug-likeness (QED) is 0.856. The first-order valence-electron chi connectivity index (χ1n) is 6.47. The van der Waals surface area contributed by atoms with E-state index in [2.05, 4.69) is 16.7 Å². The Kier molecular flexibility index (Phi) is 5.17. The zero-order valence-electron chi connectivity index (χ0n) is 11.0. The van der Waals surface area contributed by atoms with E-state index in [1.54, 1.807) is 11.3 Å². The van der Waals surface area contributed by atoms with Crippen molar-refractivity contribution in [3.8, 4) is 0 Å². The van der Waals surface area contributed by atoms with Crippen molar-refractivity contribution < 1.29 is 4.79 Å². The number of hydrogen-bond acceptors (Lipinski definition) is 3. The van der Waals surface area contributed by atoms with E-state index in [-0.39, 0.29) is 18.3 Å². The third-order valence-electron chi connectivity index (χ3n) is 3.35. The molecule has 1 aromatic carbocycles. The van der Waals surface area contributed by atoms with E-state index in [0.717, 1.165) is 30.5 Å². The maximum atomic E-state index is 12.1. The van der Waals surface area contributed by atoms with Crippen LogP contribution < -0.4 is 10.6 Å². The summed E-state index contributed by atoms with van der Waals surface area (Å²) in [7, 11) is 0. The first-order valence-corrected chi connectivity index (χ1v) is 7.35. The van der Waals surface area contributed by atoms with Crippen molar-refractivity contribution >= 4 is 39.7 Å². The lowest BCUT2D eigenvalue weighted by Crippen LogP contribution is -2.29. The predicted molar refractivity (Wildman–Crippen MR) is 87.0 cm³/mol. The second kappa shape index (κ2) is 6.88. The summed E-state index contributed by atoms with van der Waals surface area (Å²) in [5.74, 6) is 0.00697. The van der Waals surface area contributed by atoms with E-state index in [4.69, 9.17) is 0 Å². The highest BCUT2D eigenvalue weighted by molar-refractivity contribution is 7.17. The van der Waals surface area contributed by atoms with E-state index in [1.807, 2.05) is 29.6 Å². The normalized spacial score (nSPS) is 14.5. The van der Waals surface area contributed by atoms with Crippen molar-refractivity contribution in [2.45, 2.75) is 6.42 Å². The van der Waals surface area contributed by atoms with Gasteiger partial charge in [0.05, 0.1) is 0 Å². The zero-order valence-corrected chi connectivity index (χ0v) is 12.7. The second-order valence-electron chi connectivity index (χ2n) is 4.67. The molecule has 0 atom stereocenters. The Hall–Kier alpha value is -1.36. The largest absolute Gasteiger partial charge is 0.348 e. The number of nitrogens with one attached hydrogen (secondary N) is 2. The van der Waals surface area contributed by atoms with E-state index in [9.17, 15) is 4.79 Å². The van der Waals surface area contributed by atoms with Crippen molar-refractivity contribution in [1.82, 2.24) is 10.6 Å². The predicted octanol–water partition coefficient (Wildman–Crippen LogP) is 2.97. The topological polar surface area (TPSA) is 41.1 Å². The molecule has 1 aliphatic rings. The molecule has 1 amide bonds. The number of carbonyl (C=O) groups is 1. The molecule has 20 heavy (non-hydrogen) atoms. The molecule has 0 spiro atoms. The van der Waals surface area contributed by atoms with Crippen molar-refractivity contribution in [1.29, 1.82) is 0 Å². The van der Waals surface area contributed by atoms with Gasteiger partial charge in [-0.15, -0.1) is 23.7 Å². The van der Waals surface area contributed by atoms with Crippen molar-refractivity contribution in [3.63, 3.8) is 0 Å². The highest BCUT2D eigenvalue weighted by atomic mass is 35.5. The number of thiophene rings is 1.